The van der Waals surface area contributed by atoms with Gasteiger partial charge in [-0.1, -0.05) is 17.7 Å². The number of rotatable bonds is 8. The number of carbonyl (C=O) groups is 2. The van der Waals surface area contributed by atoms with Gasteiger partial charge in [0.15, 0.2) is 6.61 Å². The van der Waals surface area contributed by atoms with Gasteiger partial charge >= 0.3 is 5.97 Å². The molecule has 0 aliphatic heterocycles. The molecule has 0 aliphatic rings. The quantitative estimate of drug-likeness (QED) is 0.494. The van der Waals surface area contributed by atoms with Crippen LogP contribution in [0.15, 0.2) is 47.4 Å². The number of halogens is 1. The van der Waals surface area contributed by atoms with E-state index >= 15 is 0 Å². The monoisotopic (exact) mass is 400 g/mol. The molecule has 0 bridgehead atoms. The van der Waals surface area contributed by atoms with Gasteiger partial charge in [-0.2, -0.15) is 5.26 Å². The number of benzene rings is 2. The van der Waals surface area contributed by atoms with Crippen LogP contribution in [0.25, 0.3) is 0 Å². The van der Waals surface area contributed by atoms with Crippen LogP contribution in [0.5, 0.6) is 0 Å². The van der Waals surface area contributed by atoms with Crippen LogP contribution >= 0.6 is 11.8 Å². The number of hydrogen-bond donors (Lipinski definition) is 0. The molecule has 0 radical (unpaired) electrons. The van der Waals surface area contributed by atoms with Gasteiger partial charge < -0.3 is 9.64 Å². The molecule has 2 aromatic rings. The Hall–Kier alpha value is -2.85. The number of ether oxygens (including phenoxy) is 1. The molecule has 1 amide bonds. The molecule has 0 saturated carbocycles. The third-order valence-electron chi connectivity index (χ3n) is 3.93. The van der Waals surface area contributed by atoms with E-state index in [1.165, 1.54) is 40.9 Å². The third kappa shape index (κ3) is 6.39. The first kappa shape index (κ1) is 21.5. The largest absolute Gasteiger partial charge is 0.455 e. The Bertz CT molecular complexity index is 878. The average Bonchev–Trinajstić information content (AvgIpc) is 2.68. The van der Waals surface area contributed by atoms with Gasteiger partial charge in [-0.15, -0.1) is 11.8 Å². The molecule has 0 saturated heterocycles. The molecule has 2 rings (SSSR count). The van der Waals surface area contributed by atoms with Gasteiger partial charge in [-0.3, -0.25) is 9.59 Å². The Balaban J connectivity index is 1.92. The minimum absolute atomic E-state index is 0.0896. The maximum atomic E-state index is 13.1. The fourth-order valence-corrected chi connectivity index (χ4v) is 3.36. The summed E-state index contributed by atoms with van der Waals surface area (Å²) in [5, 5.41) is 8.79. The molecule has 7 heteroatoms. The number of anilines is 1. The lowest BCUT2D eigenvalue weighted by Gasteiger charge is -2.21. The van der Waals surface area contributed by atoms with E-state index in [2.05, 4.69) is 0 Å². The first-order valence-electron chi connectivity index (χ1n) is 8.69. The molecule has 2 aromatic carbocycles. The van der Waals surface area contributed by atoms with Crippen molar-refractivity contribution < 1.29 is 18.7 Å². The summed E-state index contributed by atoms with van der Waals surface area (Å²) in [5.41, 5.74) is 2.62. The Labute approximate surface area is 168 Å². The topological polar surface area (TPSA) is 70.4 Å². The summed E-state index contributed by atoms with van der Waals surface area (Å²) in [7, 11) is 0. The molecular weight excluding hydrogens is 379 g/mol. The van der Waals surface area contributed by atoms with Gasteiger partial charge in [-0.05, 0) is 49.7 Å². The second-order valence-electron chi connectivity index (χ2n) is 6.15. The zero-order chi connectivity index (χ0) is 20.5. The SMILES string of the molecule is Cc1ccc(C)c(SCC(=O)OCC(=O)N(CCC#N)c2ccc(F)cc2)c1. The molecule has 0 atom stereocenters. The van der Waals surface area contributed by atoms with Gasteiger partial charge in [0.2, 0.25) is 0 Å². The van der Waals surface area contributed by atoms with Crippen LogP contribution in [-0.2, 0) is 14.3 Å². The standard InChI is InChI=1S/C21H21FN2O3S/c1-15-4-5-16(2)19(12-15)28-14-21(26)27-13-20(25)24(11-3-10-23)18-8-6-17(22)7-9-18/h4-9,12H,3,11,13-14H2,1-2H3. The summed E-state index contributed by atoms with van der Waals surface area (Å²) in [6.07, 6.45) is 0.111. The number of nitriles is 1. The number of nitrogens with zero attached hydrogens (tertiary/aromatic N) is 2. The summed E-state index contributed by atoms with van der Waals surface area (Å²) in [6.45, 7) is 3.64. The molecule has 0 spiro atoms. The minimum atomic E-state index is -0.501. The van der Waals surface area contributed by atoms with Crippen molar-refractivity contribution >= 4 is 29.3 Å². The van der Waals surface area contributed by atoms with Crippen LogP contribution in [0.3, 0.4) is 0 Å². The first-order chi connectivity index (χ1) is 13.4. The summed E-state index contributed by atoms with van der Waals surface area (Å²) in [6, 6.07) is 13.3. The fraction of sp³-hybridized carbons (Fsp3) is 0.286. The number of amides is 1. The second kappa shape index (κ2) is 10.5. The Kier molecular flexibility index (Phi) is 8.02. The number of aryl methyl sites for hydroxylation is 2. The second-order valence-corrected chi connectivity index (χ2v) is 7.17. The van der Waals surface area contributed by atoms with Crippen LogP contribution in [0.1, 0.15) is 17.5 Å². The van der Waals surface area contributed by atoms with Gasteiger partial charge in [0, 0.05) is 17.1 Å². The van der Waals surface area contributed by atoms with Gasteiger partial charge in [-0.25, -0.2) is 4.39 Å². The molecular formula is C21H21FN2O3S. The van der Waals surface area contributed by atoms with E-state index in [1.54, 1.807) is 0 Å². The Morgan fingerprint density at radius 1 is 1.18 bits per heavy atom. The molecule has 0 N–H and O–H groups in total. The van der Waals surface area contributed by atoms with E-state index in [1.807, 2.05) is 38.1 Å². The van der Waals surface area contributed by atoms with E-state index in [0.29, 0.717) is 5.69 Å². The van der Waals surface area contributed by atoms with E-state index < -0.39 is 24.3 Å². The highest BCUT2D eigenvalue weighted by Gasteiger charge is 2.18. The molecule has 0 aliphatic carbocycles. The van der Waals surface area contributed by atoms with Crippen molar-refractivity contribution in [3.05, 3.63) is 59.4 Å². The number of thioether (sulfide) groups is 1. The van der Waals surface area contributed by atoms with Crippen LogP contribution in [0, 0.1) is 31.0 Å². The highest BCUT2D eigenvalue weighted by molar-refractivity contribution is 8.00. The van der Waals surface area contributed by atoms with Crippen molar-refractivity contribution in [3.63, 3.8) is 0 Å². The lowest BCUT2D eigenvalue weighted by molar-refractivity contribution is -0.145. The average molecular weight is 400 g/mol. The molecule has 0 heterocycles. The van der Waals surface area contributed by atoms with Crippen molar-refractivity contribution in [3.8, 4) is 6.07 Å². The van der Waals surface area contributed by atoms with E-state index in [9.17, 15) is 14.0 Å². The first-order valence-corrected chi connectivity index (χ1v) is 9.68. The molecule has 0 fully saturated rings. The third-order valence-corrected chi connectivity index (χ3v) is 5.06. The van der Waals surface area contributed by atoms with Crippen molar-refractivity contribution in [2.24, 2.45) is 0 Å². The number of carbonyl (C=O) groups excluding carboxylic acids is 2. The molecule has 28 heavy (non-hydrogen) atoms. The lowest BCUT2D eigenvalue weighted by Crippen LogP contribution is -2.35. The maximum absolute atomic E-state index is 13.1. The van der Waals surface area contributed by atoms with Crippen LogP contribution in [0.2, 0.25) is 0 Å². The molecule has 146 valence electrons. The maximum Gasteiger partial charge on any atom is 0.316 e. The predicted octanol–water partition coefficient (Wildman–Crippen LogP) is 4.02. The summed E-state index contributed by atoms with van der Waals surface area (Å²) in [4.78, 5) is 26.8. The summed E-state index contributed by atoms with van der Waals surface area (Å²) >= 11 is 1.36. The molecule has 0 unspecified atom stereocenters. The van der Waals surface area contributed by atoms with Crippen molar-refractivity contribution in [2.75, 3.05) is 23.8 Å². The van der Waals surface area contributed by atoms with E-state index in [4.69, 9.17) is 10.00 Å². The van der Waals surface area contributed by atoms with Gasteiger partial charge in [0.1, 0.15) is 5.82 Å². The molecule has 0 aromatic heterocycles. The zero-order valence-electron chi connectivity index (χ0n) is 15.8. The smallest absolute Gasteiger partial charge is 0.316 e. The number of esters is 1. The highest BCUT2D eigenvalue weighted by atomic mass is 32.2. The van der Waals surface area contributed by atoms with Gasteiger partial charge in [0.05, 0.1) is 18.2 Å². The highest BCUT2D eigenvalue weighted by Crippen LogP contribution is 2.23. The predicted molar refractivity (Wildman–Crippen MR) is 107 cm³/mol. The van der Waals surface area contributed by atoms with Crippen molar-refractivity contribution in [2.45, 2.75) is 25.2 Å². The lowest BCUT2D eigenvalue weighted by atomic mass is 10.2. The fourth-order valence-electron chi connectivity index (χ4n) is 2.44. The Morgan fingerprint density at radius 2 is 1.89 bits per heavy atom. The van der Waals surface area contributed by atoms with Crippen LogP contribution < -0.4 is 4.90 Å². The van der Waals surface area contributed by atoms with Crippen molar-refractivity contribution in [1.29, 1.82) is 5.26 Å². The summed E-state index contributed by atoms with van der Waals surface area (Å²) in [5.74, 6) is -1.30. The normalized spacial score (nSPS) is 10.2. The number of hydrogen-bond acceptors (Lipinski definition) is 5. The van der Waals surface area contributed by atoms with Gasteiger partial charge in [0.25, 0.3) is 5.91 Å². The zero-order valence-corrected chi connectivity index (χ0v) is 16.6. The van der Waals surface area contributed by atoms with Crippen molar-refractivity contribution in [1.82, 2.24) is 0 Å². The summed E-state index contributed by atoms with van der Waals surface area (Å²) < 4.78 is 18.2. The van der Waals surface area contributed by atoms with Crippen LogP contribution in [0.4, 0.5) is 10.1 Å². The van der Waals surface area contributed by atoms with E-state index in [-0.39, 0.29) is 18.7 Å². The minimum Gasteiger partial charge on any atom is -0.455 e. The Morgan fingerprint density at radius 3 is 2.57 bits per heavy atom. The van der Waals surface area contributed by atoms with E-state index in [0.717, 1.165) is 16.0 Å². The molecule has 5 nitrogen and oxygen atoms in total. The van der Waals surface area contributed by atoms with Crippen LogP contribution in [-0.4, -0.2) is 30.8 Å².